The number of aromatic nitrogens is 2. The summed E-state index contributed by atoms with van der Waals surface area (Å²) in [4.78, 5) is 36.4. The number of halogens is 1. The minimum absolute atomic E-state index is 0.00650. The Balaban J connectivity index is 1.35. The molecule has 34 heavy (non-hydrogen) atoms. The number of rotatable bonds is 7. The molecule has 1 fully saturated rings. The van der Waals surface area contributed by atoms with E-state index in [9.17, 15) is 24.1 Å². The lowest BCUT2D eigenvalue weighted by atomic mass is 10.1. The van der Waals surface area contributed by atoms with Crippen LogP contribution in [0.15, 0.2) is 46.8 Å². The summed E-state index contributed by atoms with van der Waals surface area (Å²) in [6, 6.07) is 12.4. The minimum atomic E-state index is -1.00. The quantitative estimate of drug-likeness (QED) is 0.225. The number of nitrogens with one attached hydrogen (secondary N) is 1. The summed E-state index contributed by atoms with van der Waals surface area (Å²) in [5.41, 5.74) is 1.01. The van der Waals surface area contributed by atoms with Crippen LogP contribution in [0.25, 0.3) is 0 Å². The van der Waals surface area contributed by atoms with Gasteiger partial charge in [0, 0.05) is 24.8 Å². The number of nitriles is 1. The van der Waals surface area contributed by atoms with Crippen LogP contribution in [-0.4, -0.2) is 33.5 Å². The van der Waals surface area contributed by atoms with Crippen molar-refractivity contribution in [1.82, 2.24) is 10.2 Å². The van der Waals surface area contributed by atoms with Gasteiger partial charge in [-0.25, -0.2) is 0 Å². The van der Waals surface area contributed by atoms with Crippen LogP contribution in [0, 0.1) is 33.2 Å². The number of amides is 2. The molecule has 10 nitrogen and oxygen atoms in total. The van der Waals surface area contributed by atoms with Crippen molar-refractivity contribution in [2.24, 2.45) is 5.92 Å². The summed E-state index contributed by atoms with van der Waals surface area (Å²) in [6.45, 7) is 0.00650. The van der Waals surface area contributed by atoms with Gasteiger partial charge < -0.3 is 10.2 Å². The number of hydrogen-bond donors (Lipinski definition) is 1. The van der Waals surface area contributed by atoms with Gasteiger partial charge in [-0.15, -0.1) is 10.2 Å². The number of nitrogens with zero attached hydrogens (tertiary/aromatic N) is 5. The van der Waals surface area contributed by atoms with Crippen molar-refractivity contribution in [3.8, 4) is 6.07 Å². The Hall–Kier alpha value is -3.89. The number of carbonyl (C=O) groups excluding carboxylic acids is 2. The van der Waals surface area contributed by atoms with Gasteiger partial charge in [0.05, 0.1) is 28.2 Å². The van der Waals surface area contributed by atoms with E-state index >= 15 is 0 Å². The first-order chi connectivity index (χ1) is 16.3. The van der Waals surface area contributed by atoms with E-state index in [1.807, 2.05) is 12.1 Å². The molecule has 0 bridgehead atoms. The predicted molar refractivity (Wildman–Crippen MR) is 123 cm³/mol. The summed E-state index contributed by atoms with van der Waals surface area (Å²) in [5, 5.41) is 30.8. The Bertz CT molecular complexity index is 1310. The monoisotopic (exact) mass is 498 g/mol. The van der Waals surface area contributed by atoms with Gasteiger partial charge in [-0.05, 0) is 29.8 Å². The maximum atomic E-state index is 13.6. The molecule has 1 N–H and O–H groups in total. The minimum Gasteiger partial charge on any atom is -0.311 e. The zero-order valence-corrected chi connectivity index (χ0v) is 18.9. The maximum absolute atomic E-state index is 13.6. The van der Waals surface area contributed by atoms with Crippen molar-refractivity contribution in [1.29, 1.82) is 5.26 Å². The summed E-state index contributed by atoms with van der Waals surface area (Å²) in [7, 11) is 0. The molecule has 0 spiro atoms. The van der Waals surface area contributed by atoms with E-state index in [-0.39, 0.29) is 23.8 Å². The lowest BCUT2D eigenvalue weighted by molar-refractivity contribution is -0.387. The molecule has 3 aromatic rings. The second kappa shape index (κ2) is 9.94. The Kier molecular flexibility index (Phi) is 6.80. The SMILES string of the molecule is N#Cc1ccc(CSc2nnc(NC(=O)C3CC(=O)N(c4ccc(F)c([N+](=O)[O-])c4)C3)s2)cc1. The third kappa shape index (κ3) is 5.19. The van der Waals surface area contributed by atoms with E-state index in [1.165, 1.54) is 34.1 Å². The van der Waals surface area contributed by atoms with Gasteiger partial charge in [0.2, 0.25) is 22.8 Å². The highest BCUT2D eigenvalue weighted by Gasteiger charge is 2.36. The molecule has 1 aromatic heterocycles. The Morgan fingerprint density at radius 2 is 2.09 bits per heavy atom. The fourth-order valence-corrected chi connectivity index (χ4v) is 5.00. The van der Waals surface area contributed by atoms with Gasteiger partial charge in [-0.2, -0.15) is 9.65 Å². The second-order valence-corrected chi connectivity index (χ2v) is 9.46. The molecule has 1 unspecified atom stereocenters. The van der Waals surface area contributed by atoms with Crippen LogP contribution in [0.5, 0.6) is 0 Å². The van der Waals surface area contributed by atoms with Crippen LogP contribution in [0.4, 0.5) is 20.9 Å². The number of benzene rings is 2. The van der Waals surface area contributed by atoms with E-state index < -0.39 is 34.2 Å². The van der Waals surface area contributed by atoms with Crippen molar-refractivity contribution in [3.05, 3.63) is 69.5 Å². The maximum Gasteiger partial charge on any atom is 0.306 e. The summed E-state index contributed by atoms with van der Waals surface area (Å²) in [5.74, 6) is -1.90. The van der Waals surface area contributed by atoms with Gasteiger partial charge in [0.15, 0.2) is 4.34 Å². The summed E-state index contributed by atoms with van der Waals surface area (Å²) >= 11 is 2.63. The van der Waals surface area contributed by atoms with Crippen molar-refractivity contribution >= 4 is 51.4 Å². The first-order valence-electron chi connectivity index (χ1n) is 9.84. The van der Waals surface area contributed by atoms with Crippen LogP contribution >= 0.6 is 23.1 Å². The van der Waals surface area contributed by atoms with E-state index in [0.717, 1.165) is 17.7 Å². The first kappa shape index (κ1) is 23.3. The van der Waals surface area contributed by atoms with Gasteiger partial charge in [-0.1, -0.05) is 35.2 Å². The highest BCUT2D eigenvalue weighted by molar-refractivity contribution is 8.00. The molecule has 1 saturated heterocycles. The highest BCUT2D eigenvalue weighted by Crippen LogP contribution is 2.32. The lowest BCUT2D eigenvalue weighted by Crippen LogP contribution is -2.28. The van der Waals surface area contributed by atoms with Crippen molar-refractivity contribution in [2.75, 3.05) is 16.8 Å². The average Bonchev–Trinajstić information content (AvgIpc) is 3.44. The van der Waals surface area contributed by atoms with E-state index in [2.05, 4.69) is 21.6 Å². The molecule has 1 aliphatic heterocycles. The molecule has 13 heteroatoms. The zero-order valence-electron chi connectivity index (χ0n) is 17.3. The number of thioether (sulfide) groups is 1. The Morgan fingerprint density at radius 3 is 2.79 bits per heavy atom. The third-order valence-corrected chi connectivity index (χ3v) is 7.06. The molecule has 172 valence electrons. The normalized spacial score (nSPS) is 15.2. The second-order valence-electron chi connectivity index (χ2n) is 7.26. The smallest absolute Gasteiger partial charge is 0.306 e. The van der Waals surface area contributed by atoms with Crippen LogP contribution in [-0.2, 0) is 15.3 Å². The molecule has 2 heterocycles. The Morgan fingerprint density at radius 1 is 1.32 bits per heavy atom. The van der Waals surface area contributed by atoms with E-state index in [0.29, 0.717) is 15.7 Å². The van der Waals surface area contributed by atoms with Crippen LogP contribution in [0.2, 0.25) is 0 Å². The first-order valence-corrected chi connectivity index (χ1v) is 11.6. The van der Waals surface area contributed by atoms with Crippen LogP contribution in [0.1, 0.15) is 17.5 Å². The zero-order chi connectivity index (χ0) is 24.2. The molecule has 0 saturated carbocycles. The topological polar surface area (TPSA) is 142 Å². The van der Waals surface area contributed by atoms with Crippen molar-refractivity contribution in [3.63, 3.8) is 0 Å². The van der Waals surface area contributed by atoms with Gasteiger partial charge in [0.25, 0.3) is 0 Å². The molecular formula is C21H15FN6O4S2. The van der Waals surface area contributed by atoms with Crippen molar-refractivity contribution in [2.45, 2.75) is 16.5 Å². The fraction of sp³-hybridized carbons (Fsp3) is 0.190. The Labute approximate surface area is 200 Å². The standard InChI is InChI=1S/C21H15FN6O4S2/c22-16-6-5-15(8-17(16)28(31)32)27-10-14(7-18(27)29)19(30)24-20-25-26-21(34-20)33-11-13-3-1-12(9-23)2-4-13/h1-6,8,14H,7,10-11H2,(H,24,25,30). The highest BCUT2D eigenvalue weighted by atomic mass is 32.2. The molecule has 1 aliphatic rings. The average molecular weight is 499 g/mol. The number of anilines is 2. The lowest BCUT2D eigenvalue weighted by Gasteiger charge is -2.16. The molecule has 2 aromatic carbocycles. The van der Waals surface area contributed by atoms with Gasteiger partial charge in [0.1, 0.15) is 0 Å². The number of carbonyl (C=O) groups is 2. The third-order valence-electron chi connectivity index (χ3n) is 5.02. The van der Waals surface area contributed by atoms with Crippen molar-refractivity contribution < 1.29 is 18.9 Å². The van der Waals surface area contributed by atoms with Gasteiger partial charge in [-0.3, -0.25) is 19.7 Å². The predicted octanol–water partition coefficient (Wildman–Crippen LogP) is 3.74. The van der Waals surface area contributed by atoms with E-state index in [4.69, 9.17) is 5.26 Å². The molecule has 4 rings (SSSR count). The largest absolute Gasteiger partial charge is 0.311 e. The molecule has 2 amide bonds. The fourth-order valence-electron chi connectivity index (χ4n) is 3.29. The summed E-state index contributed by atoms with van der Waals surface area (Å²) < 4.78 is 14.2. The van der Waals surface area contributed by atoms with Gasteiger partial charge >= 0.3 is 5.69 Å². The van der Waals surface area contributed by atoms with Crippen LogP contribution in [0.3, 0.4) is 0 Å². The molecule has 1 atom stereocenters. The van der Waals surface area contributed by atoms with E-state index in [1.54, 1.807) is 12.1 Å². The molecule has 0 radical (unpaired) electrons. The number of hydrogen-bond acceptors (Lipinski definition) is 9. The number of nitro benzene ring substituents is 1. The molecule has 0 aliphatic carbocycles. The summed E-state index contributed by atoms with van der Waals surface area (Å²) in [6.07, 6.45) is -0.0872. The molecular weight excluding hydrogens is 483 g/mol. The number of nitro groups is 1. The van der Waals surface area contributed by atoms with Crippen LogP contribution < -0.4 is 10.2 Å².